The van der Waals surface area contributed by atoms with Crippen molar-refractivity contribution in [2.24, 2.45) is 0 Å². The molecule has 1 nitrogen and oxygen atoms in total. The number of rotatable bonds is 2. The first-order valence-corrected chi connectivity index (χ1v) is 8.94. The minimum atomic E-state index is 0.250. The first-order chi connectivity index (χ1) is 11.9. The van der Waals surface area contributed by atoms with Crippen molar-refractivity contribution in [3.63, 3.8) is 0 Å². The Morgan fingerprint density at radius 2 is 1.38 bits per heavy atom. The van der Waals surface area contributed by atoms with Crippen molar-refractivity contribution in [2.45, 2.75) is 31.1 Å². The van der Waals surface area contributed by atoms with Gasteiger partial charge in [0.15, 0.2) is 0 Å². The first kappa shape index (κ1) is 13.9. The summed E-state index contributed by atoms with van der Waals surface area (Å²) in [7, 11) is 0. The van der Waals surface area contributed by atoms with Crippen molar-refractivity contribution in [3.8, 4) is 11.1 Å². The highest BCUT2D eigenvalue weighted by Gasteiger charge is 2.45. The molecular weight excluding hydrogens is 290 g/mol. The van der Waals surface area contributed by atoms with Crippen LogP contribution in [0.3, 0.4) is 0 Å². The molecule has 1 saturated carbocycles. The molecule has 5 rings (SSSR count). The second kappa shape index (κ2) is 5.24. The summed E-state index contributed by atoms with van der Waals surface area (Å²) in [6.07, 6.45) is 5.24. The van der Waals surface area contributed by atoms with E-state index in [1.807, 2.05) is 0 Å². The molecule has 0 aromatic heterocycles. The molecule has 0 aliphatic heterocycles. The van der Waals surface area contributed by atoms with Gasteiger partial charge >= 0.3 is 0 Å². The predicted molar refractivity (Wildman–Crippen MR) is 101 cm³/mol. The molecule has 0 saturated heterocycles. The molecule has 0 heterocycles. The van der Waals surface area contributed by atoms with Crippen LogP contribution in [0.5, 0.6) is 0 Å². The van der Waals surface area contributed by atoms with Crippen LogP contribution in [0.25, 0.3) is 11.1 Å². The van der Waals surface area contributed by atoms with Gasteiger partial charge < -0.3 is 5.32 Å². The molecule has 3 aromatic rings. The maximum absolute atomic E-state index is 3.65. The zero-order valence-electron chi connectivity index (χ0n) is 13.8. The molecule has 0 unspecified atom stereocenters. The third kappa shape index (κ3) is 1.88. The molecule has 1 heteroatoms. The Morgan fingerprint density at radius 3 is 2.21 bits per heavy atom. The van der Waals surface area contributed by atoms with Crippen LogP contribution in [0.1, 0.15) is 36.8 Å². The largest absolute Gasteiger partial charge is 0.355 e. The van der Waals surface area contributed by atoms with Crippen LogP contribution in [-0.2, 0) is 5.41 Å². The quantitative estimate of drug-likeness (QED) is 0.588. The molecule has 2 aliphatic carbocycles. The Kier molecular flexibility index (Phi) is 3.02. The molecule has 1 fully saturated rings. The van der Waals surface area contributed by atoms with Gasteiger partial charge in [-0.1, -0.05) is 67.4 Å². The zero-order chi connectivity index (χ0) is 16.0. The lowest BCUT2D eigenvalue weighted by Gasteiger charge is -2.26. The summed E-state index contributed by atoms with van der Waals surface area (Å²) < 4.78 is 0. The number of benzene rings is 3. The van der Waals surface area contributed by atoms with Crippen LogP contribution in [0, 0.1) is 0 Å². The maximum Gasteiger partial charge on any atom is 0.0467 e. The van der Waals surface area contributed by atoms with Crippen molar-refractivity contribution in [3.05, 3.63) is 83.9 Å². The summed E-state index contributed by atoms with van der Waals surface area (Å²) in [6, 6.07) is 26.3. The van der Waals surface area contributed by atoms with E-state index in [0.29, 0.717) is 0 Å². The minimum Gasteiger partial charge on any atom is -0.355 e. The van der Waals surface area contributed by atoms with E-state index >= 15 is 0 Å². The van der Waals surface area contributed by atoms with Crippen LogP contribution in [0.4, 0.5) is 11.4 Å². The van der Waals surface area contributed by atoms with E-state index in [-0.39, 0.29) is 5.41 Å². The van der Waals surface area contributed by atoms with Gasteiger partial charge in [-0.2, -0.15) is 0 Å². The predicted octanol–water partition coefficient (Wildman–Crippen LogP) is 6.27. The van der Waals surface area contributed by atoms with Gasteiger partial charge in [0.05, 0.1) is 0 Å². The normalized spacial score (nSPS) is 16.8. The van der Waals surface area contributed by atoms with E-state index in [4.69, 9.17) is 0 Å². The highest BCUT2D eigenvalue weighted by molar-refractivity contribution is 5.91. The highest BCUT2D eigenvalue weighted by atomic mass is 14.9. The second-order valence-electron chi connectivity index (χ2n) is 7.05. The Labute approximate surface area is 143 Å². The molecule has 0 amide bonds. The molecule has 0 bridgehead atoms. The fraction of sp³-hybridized carbons (Fsp3) is 0.217. The van der Waals surface area contributed by atoms with Gasteiger partial charge in [-0.05, 0) is 47.7 Å². The van der Waals surface area contributed by atoms with Crippen molar-refractivity contribution in [2.75, 3.05) is 5.32 Å². The third-order valence-electron chi connectivity index (χ3n) is 5.80. The zero-order valence-corrected chi connectivity index (χ0v) is 13.8. The van der Waals surface area contributed by atoms with Crippen LogP contribution >= 0.6 is 0 Å². The lowest BCUT2D eigenvalue weighted by molar-refractivity contribution is 0.550. The van der Waals surface area contributed by atoms with Gasteiger partial charge in [-0.25, -0.2) is 0 Å². The Morgan fingerprint density at radius 1 is 0.667 bits per heavy atom. The minimum absolute atomic E-state index is 0.250. The average Bonchev–Trinajstić information content (AvgIpc) is 3.23. The molecule has 0 radical (unpaired) electrons. The summed E-state index contributed by atoms with van der Waals surface area (Å²) in [5, 5.41) is 3.65. The fourth-order valence-corrected chi connectivity index (χ4v) is 4.80. The van der Waals surface area contributed by atoms with Crippen molar-refractivity contribution >= 4 is 11.4 Å². The van der Waals surface area contributed by atoms with Crippen LogP contribution in [0.2, 0.25) is 0 Å². The first-order valence-electron chi connectivity index (χ1n) is 8.94. The van der Waals surface area contributed by atoms with Crippen molar-refractivity contribution in [1.29, 1.82) is 0 Å². The standard InChI is InChI=1S/C23H21N/c1-2-9-17(10-3-1)24-21-14-8-13-20-22(21)18-11-4-5-12-19(18)23(20)15-6-7-16-23/h1-5,8-14,24H,6-7,15-16H2. The third-order valence-corrected chi connectivity index (χ3v) is 5.80. The van der Waals surface area contributed by atoms with Gasteiger partial charge in [0.25, 0.3) is 0 Å². The summed E-state index contributed by atoms with van der Waals surface area (Å²) in [6.45, 7) is 0. The summed E-state index contributed by atoms with van der Waals surface area (Å²) in [4.78, 5) is 0. The van der Waals surface area contributed by atoms with Crippen LogP contribution < -0.4 is 5.32 Å². The number of para-hydroxylation sites is 1. The lowest BCUT2D eigenvalue weighted by Crippen LogP contribution is -2.20. The molecular formula is C23H21N. The molecule has 2 aliphatic rings. The number of nitrogens with one attached hydrogen (secondary N) is 1. The van der Waals surface area contributed by atoms with Gasteiger partial charge in [0, 0.05) is 22.4 Å². The number of hydrogen-bond donors (Lipinski definition) is 1. The fourth-order valence-electron chi connectivity index (χ4n) is 4.80. The molecule has 24 heavy (non-hydrogen) atoms. The van der Waals surface area contributed by atoms with E-state index in [1.54, 1.807) is 5.56 Å². The summed E-state index contributed by atoms with van der Waals surface area (Å²) in [5.74, 6) is 0. The Hall–Kier alpha value is -2.54. The Balaban J connectivity index is 1.72. The van der Waals surface area contributed by atoms with Crippen LogP contribution in [0.15, 0.2) is 72.8 Å². The smallest absolute Gasteiger partial charge is 0.0467 e. The number of hydrogen-bond acceptors (Lipinski definition) is 1. The van der Waals surface area contributed by atoms with Gasteiger partial charge in [-0.3, -0.25) is 0 Å². The van der Waals surface area contributed by atoms with Crippen LogP contribution in [-0.4, -0.2) is 0 Å². The Bertz CT molecular complexity index is 889. The topological polar surface area (TPSA) is 12.0 Å². The van der Waals surface area contributed by atoms with Gasteiger partial charge in [0.1, 0.15) is 0 Å². The number of fused-ring (bicyclic) bond motifs is 5. The average molecular weight is 311 g/mol. The monoisotopic (exact) mass is 311 g/mol. The molecule has 1 N–H and O–H groups in total. The maximum atomic E-state index is 3.65. The van der Waals surface area contributed by atoms with E-state index in [1.165, 1.54) is 48.1 Å². The SMILES string of the molecule is c1ccc(Nc2cccc3c2-c2ccccc2C32CCCC2)cc1. The van der Waals surface area contributed by atoms with E-state index in [2.05, 4.69) is 78.1 Å². The molecule has 0 atom stereocenters. The van der Waals surface area contributed by atoms with E-state index in [9.17, 15) is 0 Å². The van der Waals surface area contributed by atoms with E-state index < -0.39 is 0 Å². The summed E-state index contributed by atoms with van der Waals surface area (Å²) in [5.41, 5.74) is 8.54. The van der Waals surface area contributed by atoms with Gasteiger partial charge in [-0.15, -0.1) is 0 Å². The van der Waals surface area contributed by atoms with E-state index in [0.717, 1.165) is 5.69 Å². The number of anilines is 2. The van der Waals surface area contributed by atoms with Gasteiger partial charge in [0.2, 0.25) is 0 Å². The second-order valence-corrected chi connectivity index (χ2v) is 7.05. The highest BCUT2D eigenvalue weighted by Crippen LogP contribution is 2.58. The molecule has 1 spiro atoms. The summed E-state index contributed by atoms with van der Waals surface area (Å²) >= 11 is 0. The van der Waals surface area contributed by atoms with Crippen molar-refractivity contribution < 1.29 is 0 Å². The molecule has 118 valence electrons. The lowest BCUT2D eigenvalue weighted by atomic mass is 9.77. The van der Waals surface area contributed by atoms with Crippen molar-refractivity contribution in [1.82, 2.24) is 0 Å². The molecule has 3 aromatic carbocycles.